The third-order valence-electron chi connectivity index (χ3n) is 4.56. The Morgan fingerprint density at radius 1 is 1.00 bits per heavy atom. The van der Waals surface area contributed by atoms with Gasteiger partial charge in [-0.05, 0) is 50.5 Å². The zero-order valence-corrected chi connectivity index (χ0v) is 19.7. The van der Waals surface area contributed by atoms with E-state index >= 15 is 0 Å². The summed E-state index contributed by atoms with van der Waals surface area (Å²) in [6, 6.07) is 13.4. The van der Waals surface area contributed by atoms with Gasteiger partial charge in [-0.3, -0.25) is 0 Å². The van der Waals surface area contributed by atoms with Crippen LogP contribution in [0.4, 0.5) is 0 Å². The van der Waals surface area contributed by atoms with E-state index in [0.29, 0.717) is 19.1 Å². The highest BCUT2D eigenvalue weighted by Gasteiger charge is 2.13. The number of guanidine groups is 1. The molecular weight excluding hydrogens is 412 g/mol. The molecule has 0 aliphatic carbocycles. The summed E-state index contributed by atoms with van der Waals surface area (Å²) in [5.41, 5.74) is 4.64. The summed E-state index contributed by atoms with van der Waals surface area (Å²) < 4.78 is 32.2. The number of nitrogens with one attached hydrogen (secondary N) is 3. The number of methoxy groups -OCH3 is 1. The van der Waals surface area contributed by atoms with E-state index in [0.717, 1.165) is 25.1 Å². The van der Waals surface area contributed by atoms with Crippen molar-refractivity contribution >= 4 is 16.0 Å². The van der Waals surface area contributed by atoms with Crippen LogP contribution in [0.5, 0.6) is 0 Å². The zero-order valence-electron chi connectivity index (χ0n) is 18.9. The van der Waals surface area contributed by atoms with Gasteiger partial charge in [0.05, 0.1) is 18.0 Å². The number of rotatable bonds is 11. The molecule has 0 amide bonds. The van der Waals surface area contributed by atoms with Gasteiger partial charge in [0.15, 0.2) is 5.96 Å². The molecule has 0 aromatic heterocycles. The summed E-state index contributed by atoms with van der Waals surface area (Å²) in [6.45, 7) is 8.66. The number of aryl methyl sites for hydroxylation is 2. The van der Waals surface area contributed by atoms with Gasteiger partial charge < -0.3 is 15.4 Å². The lowest BCUT2D eigenvalue weighted by Gasteiger charge is -2.12. The second kappa shape index (κ2) is 12.4. The number of benzene rings is 2. The lowest BCUT2D eigenvalue weighted by molar-refractivity contribution is 0.204. The summed E-state index contributed by atoms with van der Waals surface area (Å²) in [6.07, 6.45) is 0.897. The lowest BCUT2D eigenvalue weighted by atomic mass is 10.1. The van der Waals surface area contributed by atoms with Crippen molar-refractivity contribution in [3.05, 3.63) is 64.7 Å². The zero-order chi connectivity index (χ0) is 22.7. The molecule has 0 saturated carbocycles. The normalized spacial score (nSPS) is 12.1. The topological polar surface area (TPSA) is 91.8 Å². The minimum absolute atomic E-state index is 0.226. The first-order valence-electron chi connectivity index (χ1n) is 10.5. The van der Waals surface area contributed by atoms with Gasteiger partial charge in [-0.2, -0.15) is 0 Å². The molecule has 2 aromatic rings. The highest BCUT2D eigenvalue weighted by molar-refractivity contribution is 7.89. The Morgan fingerprint density at radius 2 is 1.74 bits per heavy atom. The molecule has 0 aliphatic rings. The molecule has 7 nitrogen and oxygen atoms in total. The minimum Gasteiger partial charge on any atom is -0.383 e. The van der Waals surface area contributed by atoms with Gasteiger partial charge in [0.2, 0.25) is 10.0 Å². The van der Waals surface area contributed by atoms with Gasteiger partial charge >= 0.3 is 0 Å². The Bertz CT molecular complexity index is 954. The second-order valence-electron chi connectivity index (χ2n) is 7.41. The number of aliphatic imine (C=N–C) groups is 1. The Kier molecular flexibility index (Phi) is 9.97. The number of hydrogen-bond donors (Lipinski definition) is 3. The van der Waals surface area contributed by atoms with Crippen molar-refractivity contribution in [3.8, 4) is 0 Å². The molecule has 2 aromatic carbocycles. The maximum Gasteiger partial charge on any atom is 0.240 e. The molecular formula is C23H34N4O3S. The van der Waals surface area contributed by atoms with Crippen LogP contribution in [-0.4, -0.2) is 47.7 Å². The highest BCUT2D eigenvalue weighted by atomic mass is 32.2. The van der Waals surface area contributed by atoms with Crippen molar-refractivity contribution in [2.24, 2.45) is 4.99 Å². The van der Waals surface area contributed by atoms with Crippen LogP contribution in [0.25, 0.3) is 0 Å². The number of ether oxygens (including phenoxy) is 1. The molecule has 2 rings (SSSR count). The second-order valence-corrected chi connectivity index (χ2v) is 9.17. The molecule has 0 unspecified atom stereocenters. The standard InChI is InChI=1S/C23H34N4O3S/c1-5-24-23(25-10-9-20-14-18(2)13-19(3)15-20)26-17-21-7-6-8-22(16-21)31(28,29)27-11-12-30-4/h6-8,13-16,27H,5,9-12,17H2,1-4H3,(H2,24,25,26). The first-order chi connectivity index (χ1) is 14.8. The fraction of sp³-hybridized carbons (Fsp3) is 0.435. The molecule has 8 heteroatoms. The fourth-order valence-electron chi connectivity index (χ4n) is 3.22. The van der Waals surface area contributed by atoms with Gasteiger partial charge in [-0.25, -0.2) is 18.1 Å². The van der Waals surface area contributed by atoms with E-state index in [1.807, 2.05) is 13.0 Å². The molecule has 0 saturated heterocycles. The van der Waals surface area contributed by atoms with Crippen LogP contribution >= 0.6 is 0 Å². The van der Waals surface area contributed by atoms with Crippen molar-refractivity contribution < 1.29 is 13.2 Å². The average Bonchev–Trinajstić information content (AvgIpc) is 2.71. The third kappa shape index (κ3) is 8.69. The quantitative estimate of drug-likeness (QED) is 0.280. The maximum atomic E-state index is 12.4. The van der Waals surface area contributed by atoms with Crippen molar-refractivity contribution in [3.63, 3.8) is 0 Å². The molecule has 0 spiro atoms. The first-order valence-corrected chi connectivity index (χ1v) is 12.0. The Hall–Kier alpha value is -2.42. The molecule has 31 heavy (non-hydrogen) atoms. The van der Waals surface area contributed by atoms with Crippen molar-refractivity contribution in [2.75, 3.05) is 33.4 Å². The number of sulfonamides is 1. The first kappa shape index (κ1) is 24.8. The van der Waals surface area contributed by atoms with Crippen LogP contribution in [-0.2, 0) is 27.7 Å². The summed E-state index contributed by atoms with van der Waals surface area (Å²) in [7, 11) is -2.03. The van der Waals surface area contributed by atoms with Crippen molar-refractivity contribution in [1.82, 2.24) is 15.4 Å². The van der Waals surface area contributed by atoms with Crippen LogP contribution in [0, 0.1) is 13.8 Å². The predicted molar refractivity (Wildman–Crippen MR) is 126 cm³/mol. The smallest absolute Gasteiger partial charge is 0.240 e. The van der Waals surface area contributed by atoms with Gasteiger partial charge in [0.25, 0.3) is 0 Å². The third-order valence-corrected chi connectivity index (χ3v) is 6.02. The van der Waals surface area contributed by atoms with Crippen LogP contribution in [0.1, 0.15) is 29.2 Å². The SMILES string of the molecule is CCNC(=NCc1cccc(S(=O)(=O)NCCOC)c1)NCCc1cc(C)cc(C)c1. The predicted octanol–water partition coefficient (Wildman–Crippen LogP) is 2.53. The monoisotopic (exact) mass is 446 g/mol. The van der Waals surface area contributed by atoms with Gasteiger partial charge in [-0.15, -0.1) is 0 Å². The van der Waals surface area contributed by atoms with E-state index in [4.69, 9.17) is 4.74 Å². The van der Waals surface area contributed by atoms with Crippen LogP contribution < -0.4 is 15.4 Å². The Balaban J connectivity index is 1.99. The van der Waals surface area contributed by atoms with Crippen LogP contribution in [0.2, 0.25) is 0 Å². The molecule has 0 fully saturated rings. The van der Waals surface area contributed by atoms with E-state index in [2.05, 4.69) is 52.4 Å². The summed E-state index contributed by atoms with van der Waals surface area (Å²) >= 11 is 0. The molecule has 3 N–H and O–H groups in total. The Labute approximate surface area is 186 Å². The van der Waals surface area contributed by atoms with E-state index in [9.17, 15) is 8.42 Å². The van der Waals surface area contributed by atoms with Crippen molar-refractivity contribution in [2.45, 2.75) is 38.6 Å². The van der Waals surface area contributed by atoms with E-state index in [1.165, 1.54) is 23.8 Å². The lowest BCUT2D eigenvalue weighted by Crippen LogP contribution is -2.38. The summed E-state index contributed by atoms with van der Waals surface area (Å²) in [5.74, 6) is 0.707. The largest absolute Gasteiger partial charge is 0.383 e. The van der Waals surface area contributed by atoms with Gasteiger partial charge in [-0.1, -0.05) is 41.5 Å². The summed E-state index contributed by atoms with van der Waals surface area (Å²) in [5, 5.41) is 6.59. The Morgan fingerprint density at radius 3 is 2.42 bits per heavy atom. The van der Waals surface area contributed by atoms with Gasteiger partial charge in [0, 0.05) is 26.7 Å². The van der Waals surface area contributed by atoms with E-state index < -0.39 is 10.0 Å². The molecule has 170 valence electrons. The highest BCUT2D eigenvalue weighted by Crippen LogP contribution is 2.12. The van der Waals surface area contributed by atoms with E-state index in [-0.39, 0.29) is 11.4 Å². The number of nitrogens with zero attached hydrogens (tertiary/aromatic N) is 1. The fourth-order valence-corrected chi connectivity index (χ4v) is 4.31. The maximum absolute atomic E-state index is 12.4. The molecule has 0 radical (unpaired) electrons. The number of hydrogen-bond acceptors (Lipinski definition) is 4. The molecule has 0 heterocycles. The molecule has 0 atom stereocenters. The van der Waals surface area contributed by atoms with Crippen molar-refractivity contribution in [1.29, 1.82) is 0 Å². The van der Waals surface area contributed by atoms with E-state index in [1.54, 1.807) is 18.2 Å². The van der Waals surface area contributed by atoms with Crippen LogP contribution in [0.3, 0.4) is 0 Å². The average molecular weight is 447 g/mol. The van der Waals surface area contributed by atoms with Crippen LogP contribution in [0.15, 0.2) is 52.4 Å². The molecule has 0 bridgehead atoms. The minimum atomic E-state index is -3.57. The summed E-state index contributed by atoms with van der Waals surface area (Å²) in [4.78, 5) is 4.83. The molecule has 0 aliphatic heterocycles. The van der Waals surface area contributed by atoms with Gasteiger partial charge in [0.1, 0.15) is 0 Å².